The number of fused-ring (bicyclic) bond motifs is 2. The van der Waals surface area contributed by atoms with Gasteiger partial charge in [-0.3, -0.25) is 14.4 Å². The molecular formula is C33H33ClN4O3. The second kappa shape index (κ2) is 11.6. The molecule has 1 heterocycles. The van der Waals surface area contributed by atoms with Gasteiger partial charge in [0.25, 0.3) is 11.8 Å². The minimum atomic E-state index is -0.976. The number of carbonyl (C=O) groups excluding carboxylic acids is 3. The van der Waals surface area contributed by atoms with Crippen LogP contribution in [0.1, 0.15) is 41.8 Å². The molecule has 210 valence electrons. The number of halogens is 1. The molecule has 41 heavy (non-hydrogen) atoms. The van der Waals surface area contributed by atoms with Gasteiger partial charge < -0.3 is 20.9 Å². The largest absolute Gasteiger partial charge is 0.399 e. The van der Waals surface area contributed by atoms with Gasteiger partial charge in [0.05, 0.1) is 24.5 Å². The van der Waals surface area contributed by atoms with Crippen LogP contribution in [0, 0.1) is 12.8 Å². The first-order valence-electron chi connectivity index (χ1n) is 13.7. The van der Waals surface area contributed by atoms with E-state index in [1.807, 2.05) is 51.1 Å². The van der Waals surface area contributed by atoms with E-state index in [2.05, 4.69) is 11.4 Å². The molecule has 0 aliphatic carbocycles. The molecule has 0 unspecified atom stereocenters. The Morgan fingerprint density at radius 3 is 2.49 bits per heavy atom. The van der Waals surface area contributed by atoms with Crippen molar-refractivity contribution in [3.8, 4) is 0 Å². The van der Waals surface area contributed by atoms with Crippen LogP contribution in [-0.2, 0) is 16.1 Å². The normalized spacial score (nSPS) is 15.8. The highest BCUT2D eigenvalue weighted by Gasteiger charge is 2.38. The van der Waals surface area contributed by atoms with Crippen LogP contribution in [0.3, 0.4) is 0 Å². The summed E-state index contributed by atoms with van der Waals surface area (Å²) in [6, 6.07) is 23.0. The van der Waals surface area contributed by atoms with Crippen molar-refractivity contribution in [2.45, 2.75) is 39.8 Å². The van der Waals surface area contributed by atoms with Crippen LogP contribution in [0.25, 0.3) is 10.8 Å². The first-order valence-corrected chi connectivity index (χ1v) is 14.1. The van der Waals surface area contributed by atoms with E-state index in [4.69, 9.17) is 17.3 Å². The number of nitrogen functional groups attached to an aromatic ring is 1. The fourth-order valence-corrected chi connectivity index (χ4v) is 5.33. The first-order chi connectivity index (χ1) is 19.7. The number of hydrogen-bond donors (Lipinski definition) is 2. The van der Waals surface area contributed by atoms with Crippen LogP contribution in [-0.4, -0.2) is 30.3 Å². The topological polar surface area (TPSA) is 95.7 Å². The lowest BCUT2D eigenvalue weighted by atomic mass is 9.99. The monoisotopic (exact) mass is 568 g/mol. The number of nitrogens with one attached hydrogen (secondary N) is 1. The third kappa shape index (κ3) is 5.63. The van der Waals surface area contributed by atoms with Crippen molar-refractivity contribution in [1.82, 2.24) is 5.32 Å². The zero-order chi connectivity index (χ0) is 29.3. The first kappa shape index (κ1) is 28.2. The summed E-state index contributed by atoms with van der Waals surface area (Å²) in [6.45, 7) is 5.96. The van der Waals surface area contributed by atoms with Crippen LogP contribution < -0.4 is 20.9 Å². The van der Waals surface area contributed by atoms with E-state index >= 15 is 0 Å². The molecule has 0 radical (unpaired) electrons. The molecule has 8 heteroatoms. The number of carbonyl (C=O) groups is 3. The van der Waals surface area contributed by atoms with E-state index in [0.29, 0.717) is 34.1 Å². The van der Waals surface area contributed by atoms with Crippen molar-refractivity contribution in [2.24, 2.45) is 5.92 Å². The van der Waals surface area contributed by atoms with E-state index in [0.717, 1.165) is 21.9 Å². The summed E-state index contributed by atoms with van der Waals surface area (Å²) in [5.74, 6) is -1.16. The summed E-state index contributed by atoms with van der Waals surface area (Å²) in [4.78, 5) is 44.6. The Morgan fingerprint density at radius 1 is 1.02 bits per heavy atom. The molecule has 4 aromatic rings. The molecule has 0 fully saturated rings. The highest BCUT2D eigenvalue weighted by Crippen LogP contribution is 2.38. The van der Waals surface area contributed by atoms with Gasteiger partial charge in [-0.2, -0.15) is 0 Å². The minimum Gasteiger partial charge on any atom is -0.399 e. The van der Waals surface area contributed by atoms with E-state index in [1.54, 1.807) is 47.4 Å². The molecule has 0 saturated heterocycles. The molecule has 0 spiro atoms. The lowest BCUT2D eigenvalue weighted by Crippen LogP contribution is -2.53. The average molecular weight is 569 g/mol. The SMILES string of the molecule is CC[C@@H](C)C(=O)N[C@H]1CN(C(=O)c2ccc(N)cc2)c2cc(Cl)ccc2N(Cc2c(C)ccc3ccccc23)C1=O. The van der Waals surface area contributed by atoms with Gasteiger partial charge in [-0.05, 0) is 77.7 Å². The average Bonchev–Trinajstić information content (AvgIpc) is 3.08. The maximum Gasteiger partial charge on any atom is 0.258 e. The van der Waals surface area contributed by atoms with E-state index in [9.17, 15) is 14.4 Å². The second-order valence-corrected chi connectivity index (χ2v) is 11.0. The maximum atomic E-state index is 14.4. The van der Waals surface area contributed by atoms with Gasteiger partial charge in [0, 0.05) is 22.2 Å². The number of aryl methyl sites for hydroxylation is 1. The summed E-state index contributed by atoms with van der Waals surface area (Å²) in [5, 5.41) is 5.47. The second-order valence-electron chi connectivity index (χ2n) is 10.5. The van der Waals surface area contributed by atoms with Crippen molar-refractivity contribution in [3.63, 3.8) is 0 Å². The van der Waals surface area contributed by atoms with Crippen LogP contribution in [0.5, 0.6) is 0 Å². The Balaban J connectivity index is 1.66. The summed E-state index contributed by atoms with van der Waals surface area (Å²) in [7, 11) is 0. The zero-order valence-corrected chi connectivity index (χ0v) is 24.1. The summed E-state index contributed by atoms with van der Waals surface area (Å²) in [6.07, 6.45) is 0.621. The molecule has 7 nitrogen and oxygen atoms in total. The van der Waals surface area contributed by atoms with Gasteiger partial charge in [-0.25, -0.2) is 0 Å². The van der Waals surface area contributed by atoms with Gasteiger partial charge >= 0.3 is 0 Å². The van der Waals surface area contributed by atoms with Gasteiger partial charge in [0.15, 0.2) is 0 Å². The summed E-state index contributed by atoms with van der Waals surface area (Å²) < 4.78 is 0. The number of amides is 3. The zero-order valence-electron chi connectivity index (χ0n) is 23.4. The van der Waals surface area contributed by atoms with Crippen molar-refractivity contribution < 1.29 is 14.4 Å². The summed E-state index contributed by atoms with van der Waals surface area (Å²) >= 11 is 6.47. The van der Waals surface area contributed by atoms with Crippen LogP contribution >= 0.6 is 11.6 Å². The van der Waals surface area contributed by atoms with Crippen LogP contribution in [0.4, 0.5) is 17.1 Å². The highest BCUT2D eigenvalue weighted by molar-refractivity contribution is 6.31. The molecule has 2 atom stereocenters. The molecule has 3 N–H and O–H groups in total. The minimum absolute atomic E-state index is 0.0530. The van der Waals surface area contributed by atoms with Crippen LogP contribution in [0.15, 0.2) is 78.9 Å². The van der Waals surface area contributed by atoms with Crippen molar-refractivity contribution in [3.05, 3.63) is 101 Å². The quantitative estimate of drug-likeness (QED) is 0.274. The number of hydrogen-bond acceptors (Lipinski definition) is 4. The van der Waals surface area contributed by atoms with Gasteiger partial charge in [0.2, 0.25) is 5.91 Å². The molecule has 0 aromatic heterocycles. The molecule has 0 saturated carbocycles. The van der Waals surface area contributed by atoms with Crippen molar-refractivity contribution >= 4 is 57.2 Å². The van der Waals surface area contributed by atoms with Gasteiger partial charge in [0.1, 0.15) is 6.04 Å². The lowest BCUT2D eigenvalue weighted by molar-refractivity contribution is -0.129. The Kier molecular flexibility index (Phi) is 7.99. The number of rotatable bonds is 6. The van der Waals surface area contributed by atoms with E-state index in [-0.39, 0.29) is 36.7 Å². The molecule has 3 amide bonds. The van der Waals surface area contributed by atoms with E-state index in [1.165, 1.54) is 4.90 Å². The third-order valence-electron chi connectivity index (χ3n) is 7.82. The Morgan fingerprint density at radius 2 is 1.76 bits per heavy atom. The molecule has 0 bridgehead atoms. The van der Waals surface area contributed by atoms with Crippen molar-refractivity contribution in [1.29, 1.82) is 0 Å². The highest BCUT2D eigenvalue weighted by atomic mass is 35.5. The number of nitrogens with two attached hydrogens (primary N) is 1. The number of nitrogens with zero attached hydrogens (tertiary/aromatic N) is 2. The number of benzene rings is 4. The lowest BCUT2D eigenvalue weighted by Gasteiger charge is -2.27. The molecule has 4 aromatic carbocycles. The van der Waals surface area contributed by atoms with E-state index < -0.39 is 6.04 Å². The Hall–Kier alpha value is -4.36. The fourth-order valence-electron chi connectivity index (χ4n) is 5.16. The predicted molar refractivity (Wildman–Crippen MR) is 165 cm³/mol. The Bertz CT molecular complexity index is 1640. The fraction of sp³-hybridized carbons (Fsp3) is 0.242. The van der Waals surface area contributed by atoms with Gasteiger partial charge in [-0.1, -0.05) is 61.8 Å². The number of anilines is 3. The predicted octanol–water partition coefficient (Wildman–Crippen LogP) is 6.11. The van der Waals surface area contributed by atoms with Crippen molar-refractivity contribution in [2.75, 3.05) is 22.1 Å². The maximum absolute atomic E-state index is 14.4. The molecule has 1 aliphatic heterocycles. The molecule has 5 rings (SSSR count). The molecule has 1 aliphatic rings. The summed E-state index contributed by atoms with van der Waals surface area (Å²) in [5.41, 5.74) is 9.86. The van der Waals surface area contributed by atoms with Gasteiger partial charge in [-0.15, -0.1) is 0 Å². The molecular weight excluding hydrogens is 536 g/mol. The third-order valence-corrected chi connectivity index (χ3v) is 8.05. The Labute approximate surface area is 244 Å². The van der Waals surface area contributed by atoms with Crippen LogP contribution in [0.2, 0.25) is 5.02 Å². The smallest absolute Gasteiger partial charge is 0.258 e. The standard InChI is InChI=1S/C33H33ClN4O3/c1-4-20(2)31(39)36-28-19-38(32(40)23-11-14-25(35)15-12-23)30-17-24(34)13-16-29(30)37(33(28)41)18-27-21(3)9-10-22-7-5-6-8-26(22)27/h5-17,20,28H,4,18-19,35H2,1-3H3,(H,36,39)/t20-,28+/m1/s1.